The van der Waals surface area contributed by atoms with Gasteiger partial charge < -0.3 is 5.73 Å². The first-order valence-corrected chi connectivity index (χ1v) is 6.33. The van der Waals surface area contributed by atoms with Crippen molar-refractivity contribution < 1.29 is 0 Å². The molecule has 0 radical (unpaired) electrons. The summed E-state index contributed by atoms with van der Waals surface area (Å²) in [4.78, 5) is 0. The van der Waals surface area contributed by atoms with Crippen LogP contribution >= 0.6 is 0 Å². The second kappa shape index (κ2) is 5.22. The highest BCUT2D eigenvalue weighted by molar-refractivity contribution is 5.67. The largest absolute Gasteiger partial charge is 0.397 e. The Bertz CT molecular complexity index is 643. The number of aryl methyl sites for hydroxylation is 4. The predicted octanol–water partition coefficient (Wildman–Crippen LogP) is 4.92. The number of nitrogens with two attached hydrogens (primary N) is 1. The second-order valence-corrected chi connectivity index (χ2v) is 5.00. The molecule has 0 atom stereocenters. The molecule has 0 aromatic heterocycles. The molecule has 3 nitrogen and oxygen atoms in total. The summed E-state index contributed by atoms with van der Waals surface area (Å²) >= 11 is 0. The Morgan fingerprint density at radius 2 is 1.37 bits per heavy atom. The highest BCUT2D eigenvalue weighted by Gasteiger charge is 2.03. The molecule has 0 aliphatic rings. The summed E-state index contributed by atoms with van der Waals surface area (Å²) in [6.07, 6.45) is 0. The summed E-state index contributed by atoms with van der Waals surface area (Å²) in [5.74, 6) is 0. The molecule has 2 aromatic rings. The maximum absolute atomic E-state index is 6.02. The third kappa shape index (κ3) is 2.99. The Kier molecular flexibility index (Phi) is 3.65. The molecule has 2 N–H and O–H groups in total. The van der Waals surface area contributed by atoms with Gasteiger partial charge in [0.25, 0.3) is 0 Å². The highest BCUT2D eigenvalue weighted by Crippen LogP contribution is 2.29. The van der Waals surface area contributed by atoms with Gasteiger partial charge in [0, 0.05) is 0 Å². The van der Waals surface area contributed by atoms with E-state index in [9.17, 15) is 0 Å². The van der Waals surface area contributed by atoms with Crippen LogP contribution in [0.4, 0.5) is 17.1 Å². The van der Waals surface area contributed by atoms with Crippen LogP contribution in [0.2, 0.25) is 0 Å². The molecule has 3 heteroatoms. The summed E-state index contributed by atoms with van der Waals surface area (Å²) in [6.45, 7) is 8.11. The summed E-state index contributed by atoms with van der Waals surface area (Å²) in [7, 11) is 0. The number of anilines is 1. The first kappa shape index (κ1) is 13.3. The lowest BCUT2D eigenvalue weighted by molar-refractivity contribution is 1.19. The molecule has 0 amide bonds. The van der Waals surface area contributed by atoms with Crippen LogP contribution < -0.4 is 5.73 Å². The average Bonchev–Trinajstić information content (AvgIpc) is 2.33. The van der Waals surface area contributed by atoms with E-state index >= 15 is 0 Å². The monoisotopic (exact) mass is 253 g/mol. The van der Waals surface area contributed by atoms with Crippen molar-refractivity contribution >= 4 is 17.1 Å². The molecule has 0 unspecified atom stereocenters. The van der Waals surface area contributed by atoms with E-state index in [1.165, 1.54) is 5.56 Å². The van der Waals surface area contributed by atoms with Gasteiger partial charge in [0.2, 0.25) is 0 Å². The topological polar surface area (TPSA) is 50.7 Å². The van der Waals surface area contributed by atoms with Gasteiger partial charge in [-0.05, 0) is 56.5 Å². The van der Waals surface area contributed by atoms with Crippen LogP contribution in [-0.4, -0.2) is 0 Å². The molecule has 0 aliphatic carbocycles. The molecular weight excluding hydrogens is 234 g/mol. The van der Waals surface area contributed by atoms with Crippen LogP contribution in [0.5, 0.6) is 0 Å². The van der Waals surface area contributed by atoms with Crippen molar-refractivity contribution in [2.45, 2.75) is 27.7 Å². The Morgan fingerprint density at radius 1 is 0.737 bits per heavy atom. The lowest BCUT2D eigenvalue weighted by Gasteiger charge is -2.05. The molecule has 0 saturated carbocycles. The van der Waals surface area contributed by atoms with Crippen molar-refractivity contribution in [1.82, 2.24) is 0 Å². The first-order valence-electron chi connectivity index (χ1n) is 6.33. The Hall–Kier alpha value is -2.16. The summed E-state index contributed by atoms with van der Waals surface area (Å²) < 4.78 is 0. The van der Waals surface area contributed by atoms with Crippen LogP contribution in [0, 0.1) is 27.7 Å². The molecule has 0 bridgehead atoms. The molecule has 0 saturated heterocycles. The van der Waals surface area contributed by atoms with Crippen LogP contribution in [0.25, 0.3) is 0 Å². The Balaban J connectivity index is 2.38. The minimum Gasteiger partial charge on any atom is -0.397 e. The lowest BCUT2D eigenvalue weighted by atomic mass is 10.1. The van der Waals surface area contributed by atoms with Crippen LogP contribution in [0.15, 0.2) is 40.6 Å². The Labute approximate surface area is 114 Å². The lowest BCUT2D eigenvalue weighted by Crippen LogP contribution is -1.90. The first-order chi connectivity index (χ1) is 8.97. The summed E-state index contributed by atoms with van der Waals surface area (Å²) in [6, 6.07) is 10.1. The molecular formula is C16H19N3. The number of azo groups is 1. The smallest absolute Gasteiger partial charge is 0.109 e. The van der Waals surface area contributed by atoms with Gasteiger partial charge >= 0.3 is 0 Å². The summed E-state index contributed by atoms with van der Waals surface area (Å²) in [5.41, 5.74) is 12.8. The van der Waals surface area contributed by atoms with Gasteiger partial charge in [-0.2, -0.15) is 5.11 Å². The van der Waals surface area contributed by atoms with Crippen molar-refractivity contribution in [2.75, 3.05) is 5.73 Å². The fraction of sp³-hybridized carbons (Fsp3) is 0.250. The molecule has 0 fully saturated rings. The third-order valence-electron chi connectivity index (χ3n) is 3.13. The van der Waals surface area contributed by atoms with E-state index in [0.717, 1.165) is 28.1 Å². The maximum atomic E-state index is 6.02. The zero-order chi connectivity index (χ0) is 14.0. The van der Waals surface area contributed by atoms with E-state index in [4.69, 9.17) is 5.73 Å². The van der Waals surface area contributed by atoms with Gasteiger partial charge in [-0.15, -0.1) is 5.11 Å². The van der Waals surface area contributed by atoms with Gasteiger partial charge in [-0.25, -0.2) is 0 Å². The molecule has 2 aromatic carbocycles. The number of nitrogen functional groups attached to an aromatic ring is 1. The summed E-state index contributed by atoms with van der Waals surface area (Å²) in [5, 5.41) is 8.59. The Morgan fingerprint density at radius 3 is 2.05 bits per heavy atom. The third-order valence-corrected chi connectivity index (χ3v) is 3.13. The van der Waals surface area contributed by atoms with Crippen molar-refractivity contribution in [2.24, 2.45) is 10.2 Å². The number of benzene rings is 2. The van der Waals surface area contributed by atoms with Crippen molar-refractivity contribution in [3.63, 3.8) is 0 Å². The maximum Gasteiger partial charge on any atom is 0.109 e. The van der Waals surface area contributed by atoms with E-state index in [2.05, 4.69) is 23.2 Å². The molecule has 0 aliphatic heterocycles. The molecule has 2 rings (SSSR count). The number of rotatable bonds is 2. The van der Waals surface area contributed by atoms with Gasteiger partial charge in [0.05, 0.1) is 11.4 Å². The van der Waals surface area contributed by atoms with E-state index < -0.39 is 0 Å². The second-order valence-electron chi connectivity index (χ2n) is 5.00. The SMILES string of the molecule is Cc1ccc(N=Nc2cc(C)cc(C)c2N)c(C)c1. The molecule has 0 heterocycles. The van der Waals surface area contributed by atoms with Gasteiger partial charge in [-0.3, -0.25) is 0 Å². The fourth-order valence-electron chi connectivity index (χ4n) is 2.06. The average molecular weight is 253 g/mol. The van der Waals surface area contributed by atoms with E-state index in [-0.39, 0.29) is 0 Å². The van der Waals surface area contributed by atoms with Crippen LogP contribution in [0.3, 0.4) is 0 Å². The van der Waals surface area contributed by atoms with E-state index in [1.54, 1.807) is 0 Å². The van der Waals surface area contributed by atoms with E-state index in [1.807, 2.05) is 45.0 Å². The van der Waals surface area contributed by atoms with Gasteiger partial charge in [0.1, 0.15) is 5.69 Å². The number of nitrogens with zero attached hydrogens (tertiary/aromatic N) is 2. The van der Waals surface area contributed by atoms with Crippen LogP contribution in [-0.2, 0) is 0 Å². The molecule has 19 heavy (non-hydrogen) atoms. The van der Waals surface area contributed by atoms with Gasteiger partial charge in [0.15, 0.2) is 0 Å². The standard InChI is InChI=1S/C16H19N3/c1-10-5-6-14(12(3)7-10)18-19-15-9-11(2)8-13(4)16(15)17/h5-9H,17H2,1-4H3. The van der Waals surface area contributed by atoms with Gasteiger partial charge in [-0.1, -0.05) is 23.8 Å². The van der Waals surface area contributed by atoms with Crippen molar-refractivity contribution in [1.29, 1.82) is 0 Å². The quantitative estimate of drug-likeness (QED) is 0.599. The zero-order valence-electron chi connectivity index (χ0n) is 11.9. The van der Waals surface area contributed by atoms with Crippen LogP contribution in [0.1, 0.15) is 22.3 Å². The highest BCUT2D eigenvalue weighted by atomic mass is 15.1. The molecule has 98 valence electrons. The predicted molar refractivity (Wildman–Crippen MR) is 80.4 cm³/mol. The zero-order valence-corrected chi connectivity index (χ0v) is 11.9. The fourth-order valence-corrected chi connectivity index (χ4v) is 2.06. The van der Waals surface area contributed by atoms with Crippen molar-refractivity contribution in [3.8, 4) is 0 Å². The minimum atomic E-state index is 0.694. The molecule has 0 spiro atoms. The minimum absolute atomic E-state index is 0.694. The van der Waals surface area contributed by atoms with E-state index in [0.29, 0.717) is 5.69 Å². The number of hydrogen-bond acceptors (Lipinski definition) is 3. The number of hydrogen-bond donors (Lipinski definition) is 1. The normalized spacial score (nSPS) is 11.2. The van der Waals surface area contributed by atoms with Crippen molar-refractivity contribution in [3.05, 3.63) is 52.6 Å².